The van der Waals surface area contributed by atoms with Crippen molar-refractivity contribution in [3.8, 4) is 0 Å². The highest BCUT2D eigenvalue weighted by Crippen LogP contribution is 2.24. The molecule has 0 fully saturated rings. The molecule has 0 aliphatic rings. The van der Waals surface area contributed by atoms with Crippen LogP contribution in [-0.4, -0.2) is 14.8 Å². The maximum Gasteiger partial charge on any atom is 0.140 e. The molecule has 0 saturated heterocycles. The minimum atomic E-state index is 0.726. The Morgan fingerprint density at radius 1 is 1.39 bits per heavy atom. The smallest absolute Gasteiger partial charge is 0.140 e. The van der Waals surface area contributed by atoms with Gasteiger partial charge in [0.05, 0.1) is 10.2 Å². The molecule has 0 atom stereocenters. The van der Waals surface area contributed by atoms with E-state index in [0.29, 0.717) is 0 Å². The van der Waals surface area contributed by atoms with Crippen molar-refractivity contribution in [3.05, 3.63) is 38.7 Å². The van der Waals surface area contributed by atoms with Gasteiger partial charge in [-0.25, -0.2) is 4.98 Å². The number of aromatic nitrogens is 3. The topological polar surface area (TPSA) is 42.7 Å². The van der Waals surface area contributed by atoms with Crippen molar-refractivity contribution in [2.24, 2.45) is 7.05 Å². The number of hydrogen-bond donors (Lipinski definition) is 1. The maximum atomic E-state index is 4.41. The summed E-state index contributed by atoms with van der Waals surface area (Å²) < 4.78 is 3.74. The molecule has 2 rings (SSSR count). The highest BCUT2D eigenvalue weighted by Gasteiger charge is 2.07. The number of pyridine rings is 1. The molecule has 0 bridgehead atoms. The Bertz CT molecular complexity index is 551. The molecular weight excluding hydrogens is 360 g/mol. The quantitative estimate of drug-likeness (QED) is 0.891. The van der Waals surface area contributed by atoms with E-state index in [-0.39, 0.29) is 0 Å². The summed E-state index contributed by atoms with van der Waals surface area (Å²) in [5.41, 5.74) is 2.33. The molecule has 6 heteroatoms. The summed E-state index contributed by atoms with van der Waals surface area (Å²) in [6.45, 7) is 2.84. The van der Waals surface area contributed by atoms with E-state index in [1.165, 1.54) is 5.56 Å². The van der Waals surface area contributed by atoms with E-state index in [1.54, 1.807) is 6.20 Å². The van der Waals surface area contributed by atoms with E-state index in [1.807, 2.05) is 24.0 Å². The number of halogens is 2. The molecule has 0 spiro atoms. The summed E-state index contributed by atoms with van der Waals surface area (Å²) in [7, 11) is 1.94. The lowest BCUT2D eigenvalue weighted by Gasteiger charge is -2.07. The average molecular weight is 374 g/mol. The zero-order valence-electron chi connectivity index (χ0n) is 10.2. The Kier molecular flexibility index (Phi) is 4.40. The molecule has 2 aromatic rings. The van der Waals surface area contributed by atoms with Crippen LogP contribution in [-0.2, 0) is 20.0 Å². The van der Waals surface area contributed by atoms with E-state index in [9.17, 15) is 0 Å². The van der Waals surface area contributed by atoms with E-state index < -0.39 is 0 Å². The molecule has 0 unspecified atom stereocenters. The molecule has 18 heavy (non-hydrogen) atoms. The number of nitrogens with zero attached hydrogens (tertiary/aromatic N) is 3. The summed E-state index contributed by atoms with van der Waals surface area (Å²) in [4.78, 5) is 4.32. The van der Waals surface area contributed by atoms with Gasteiger partial charge in [-0.3, -0.25) is 4.68 Å². The van der Waals surface area contributed by atoms with Crippen molar-refractivity contribution in [2.45, 2.75) is 19.9 Å². The Balaban J connectivity index is 2.11. The largest absolute Gasteiger partial charge is 0.365 e. The third-order valence-corrected chi connectivity index (χ3v) is 3.62. The minimum absolute atomic E-state index is 0.726. The van der Waals surface area contributed by atoms with E-state index in [2.05, 4.69) is 54.2 Å². The van der Waals surface area contributed by atoms with Gasteiger partial charge in [-0.1, -0.05) is 6.92 Å². The highest BCUT2D eigenvalue weighted by molar-refractivity contribution is 9.11. The van der Waals surface area contributed by atoms with Crippen molar-refractivity contribution in [2.75, 3.05) is 5.32 Å². The van der Waals surface area contributed by atoms with Crippen LogP contribution in [0.5, 0.6) is 0 Å². The minimum Gasteiger partial charge on any atom is -0.365 e. The van der Waals surface area contributed by atoms with Crippen LogP contribution in [0.2, 0.25) is 0 Å². The summed E-state index contributed by atoms with van der Waals surface area (Å²) in [6.07, 6.45) is 4.75. The molecule has 0 amide bonds. The Hall–Kier alpha value is -0.880. The second-order valence-corrected chi connectivity index (χ2v) is 5.74. The van der Waals surface area contributed by atoms with Gasteiger partial charge in [-0.15, -0.1) is 0 Å². The van der Waals surface area contributed by atoms with Gasteiger partial charge in [0.25, 0.3) is 0 Å². The van der Waals surface area contributed by atoms with Crippen LogP contribution in [0.1, 0.15) is 18.2 Å². The van der Waals surface area contributed by atoms with Gasteiger partial charge in [0, 0.05) is 36.0 Å². The zero-order chi connectivity index (χ0) is 13.1. The lowest BCUT2D eigenvalue weighted by molar-refractivity contribution is 0.746. The van der Waals surface area contributed by atoms with Crippen molar-refractivity contribution >= 4 is 37.7 Å². The molecule has 1 N–H and O–H groups in total. The second kappa shape index (κ2) is 5.84. The van der Waals surface area contributed by atoms with Crippen LogP contribution in [0, 0.1) is 0 Å². The number of anilines is 1. The van der Waals surface area contributed by atoms with Crippen LogP contribution in [0.25, 0.3) is 0 Å². The van der Waals surface area contributed by atoms with Gasteiger partial charge in [-0.2, -0.15) is 5.10 Å². The van der Waals surface area contributed by atoms with Crippen molar-refractivity contribution < 1.29 is 0 Å². The number of nitrogens with one attached hydrogen (secondary N) is 1. The van der Waals surface area contributed by atoms with Crippen molar-refractivity contribution in [1.82, 2.24) is 14.8 Å². The fourth-order valence-corrected chi connectivity index (χ4v) is 2.88. The third-order valence-electron chi connectivity index (χ3n) is 2.58. The average Bonchev–Trinajstić information content (AvgIpc) is 2.68. The predicted molar refractivity (Wildman–Crippen MR) is 79.5 cm³/mol. The lowest BCUT2D eigenvalue weighted by atomic mass is 10.2. The fraction of sp³-hybridized carbons (Fsp3) is 0.333. The first-order chi connectivity index (χ1) is 8.60. The molecule has 4 nitrogen and oxygen atoms in total. The first kappa shape index (κ1) is 13.5. The molecule has 2 aromatic heterocycles. The van der Waals surface area contributed by atoms with Gasteiger partial charge in [0.15, 0.2) is 0 Å². The van der Waals surface area contributed by atoms with Gasteiger partial charge >= 0.3 is 0 Å². The fourth-order valence-electron chi connectivity index (χ4n) is 1.75. The third kappa shape index (κ3) is 3.11. The highest BCUT2D eigenvalue weighted by atomic mass is 79.9. The monoisotopic (exact) mass is 372 g/mol. The standard InChI is InChI=1S/C12H14Br2N4/c1-3-11-8(7-18(2)17-11)5-15-12-10(14)4-9(13)6-16-12/h4,6-7H,3,5H2,1-2H3,(H,15,16). The van der Waals surface area contributed by atoms with Gasteiger partial charge in [0.2, 0.25) is 0 Å². The molecule has 0 radical (unpaired) electrons. The first-order valence-corrected chi connectivity index (χ1v) is 7.25. The molecule has 96 valence electrons. The molecule has 0 aromatic carbocycles. The summed E-state index contributed by atoms with van der Waals surface area (Å²) in [6, 6.07) is 1.97. The summed E-state index contributed by atoms with van der Waals surface area (Å²) in [5.74, 6) is 0.837. The molecule has 2 heterocycles. The number of hydrogen-bond acceptors (Lipinski definition) is 3. The predicted octanol–water partition coefficient (Wildman–Crippen LogP) is 3.51. The summed E-state index contributed by atoms with van der Waals surface area (Å²) >= 11 is 6.87. The van der Waals surface area contributed by atoms with E-state index in [4.69, 9.17) is 0 Å². The Labute approximate surface area is 123 Å². The molecular formula is C12H14Br2N4. The van der Waals surface area contributed by atoms with Crippen LogP contribution < -0.4 is 5.32 Å². The van der Waals surface area contributed by atoms with Gasteiger partial charge < -0.3 is 5.32 Å². The second-order valence-electron chi connectivity index (χ2n) is 3.97. The van der Waals surface area contributed by atoms with Crippen molar-refractivity contribution in [3.63, 3.8) is 0 Å². The van der Waals surface area contributed by atoms with Gasteiger partial charge in [0.1, 0.15) is 5.82 Å². The normalized spacial score (nSPS) is 10.7. The van der Waals surface area contributed by atoms with Crippen LogP contribution >= 0.6 is 31.9 Å². The SMILES string of the molecule is CCc1nn(C)cc1CNc1ncc(Br)cc1Br. The van der Waals surface area contributed by atoms with E-state index >= 15 is 0 Å². The zero-order valence-corrected chi connectivity index (χ0v) is 13.4. The molecule has 0 saturated carbocycles. The molecule has 0 aliphatic carbocycles. The maximum absolute atomic E-state index is 4.41. The van der Waals surface area contributed by atoms with Crippen LogP contribution in [0.3, 0.4) is 0 Å². The first-order valence-electron chi connectivity index (χ1n) is 5.66. The van der Waals surface area contributed by atoms with Crippen LogP contribution in [0.4, 0.5) is 5.82 Å². The number of aryl methyl sites for hydroxylation is 2. The Morgan fingerprint density at radius 3 is 2.83 bits per heavy atom. The lowest BCUT2D eigenvalue weighted by Crippen LogP contribution is -2.03. The number of rotatable bonds is 4. The van der Waals surface area contributed by atoms with E-state index in [0.717, 1.165) is 33.4 Å². The van der Waals surface area contributed by atoms with Crippen molar-refractivity contribution in [1.29, 1.82) is 0 Å². The molecule has 0 aliphatic heterocycles. The Morgan fingerprint density at radius 2 is 2.17 bits per heavy atom. The summed E-state index contributed by atoms with van der Waals surface area (Å²) in [5, 5.41) is 7.73. The van der Waals surface area contributed by atoms with Crippen LogP contribution in [0.15, 0.2) is 27.4 Å². The van der Waals surface area contributed by atoms with Gasteiger partial charge in [-0.05, 0) is 44.3 Å².